The number of benzene rings is 1. The van der Waals surface area contributed by atoms with E-state index in [0.29, 0.717) is 24.5 Å². The highest BCUT2D eigenvalue weighted by molar-refractivity contribution is 5.96. The lowest BCUT2D eigenvalue weighted by molar-refractivity contribution is -0.137. The van der Waals surface area contributed by atoms with Gasteiger partial charge in [0.05, 0.1) is 5.56 Å². The Balaban J connectivity index is 2.40. The molecule has 18 heavy (non-hydrogen) atoms. The smallest absolute Gasteiger partial charge is 0.330 e. The molecule has 1 N–H and O–H groups in total. The Labute approximate surface area is 104 Å². The topological polar surface area (TPSA) is 27.1 Å². The molecule has 0 saturated carbocycles. The van der Waals surface area contributed by atoms with E-state index < -0.39 is 11.7 Å². The van der Waals surface area contributed by atoms with Gasteiger partial charge in [0, 0.05) is 18.7 Å². The highest BCUT2D eigenvalue weighted by atomic mass is 19.4. The van der Waals surface area contributed by atoms with Crippen molar-refractivity contribution in [2.45, 2.75) is 32.4 Å². The number of halogens is 3. The van der Waals surface area contributed by atoms with Crippen molar-refractivity contribution in [2.24, 2.45) is 0 Å². The van der Waals surface area contributed by atoms with Crippen LogP contribution in [0.25, 0.3) is 0 Å². The van der Waals surface area contributed by atoms with Gasteiger partial charge in [-0.15, -0.1) is 0 Å². The Bertz CT molecular complexity index is 466. The second kappa shape index (κ2) is 4.63. The molecule has 2 nitrogen and oxygen atoms in total. The summed E-state index contributed by atoms with van der Waals surface area (Å²) in [5, 5.41) is 7.85. The van der Waals surface area contributed by atoms with Crippen LogP contribution in [0.5, 0.6) is 0 Å². The van der Waals surface area contributed by atoms with Crippen molar-refractivity contribution in [1.82, 2.24) is 0 Å². The van der Waals surface area contributed by atoms with Crippen molar-refractivity contribution in [3.05, 3.63) is 29.3 Å². The molecule has 1 saturated heterocycles. The molecule has 0 bridgehead atoms. The first kappa shape index (κ1) is 12.9. The zero-order valence-corrected chi connectivity index (χ0v) is 10.1. The molecular weight excluding hydrogens is 241 g/mol. The number of hydrogen-bond acceptors (Lipinski definition) is 1. The summed E-state index contributed by atoms with van der Waals surface area (Å²) in [4.78, 5) is 1.69. The van der Waals surface area contributed by atoms with E-state index in [0.717, 1.165) is 30.5 Å². The summed E-state index contributed by atoms with van der Waals surface area (Å²) in [6, 6.07) is 3.71. The standard InChI is InChI=1S/C13H15F3N2/c1-9-5-6-10(13(14,15)16)8-11(9)18-7-3-2-4-12(18)17/h5-6,8,17H,2-4,7H2,1H3. The molecule has 1 fully saturated rings. The molecule has 2 rings (SSSR count). The Morgan fingerprint density at radius 2 is 1.94 bits per heavy atom. The van der Waals surface area contributed by atoms with Gasteiger partial charge < -0.3 is 4.90 Å². The van der Waals surface area contributed by atoms with Crippen LogP contribution in [0, 0.1) is 12.3 Å². The number of piperidine rings is 1. The predicted octanol–water partition coefficient (Wildman–Crippen LogP) is 3.98. The van der Waals surface area contributed by atoms with E-state index in [1.54, 1.807) is 11.8 Å². The summed E-state index contributed by atoms with van der Waals surface area (Å²) in [5.74, 6) is 0.406. The molecule has 0 unspecified atom stereocenters. The van der Waals surface area contributed by atoms with Gasteiger partial charge in [-0.3, -0.25) is 5.41 Å². The third-order valence-electron chi connectivity index (χ3n) is 3.20. The number of nitrogens with one attached hydrogen (secondary N) is 1. The maximum absolute atomic E-state index is 12.7. The van der Waals surface area contributed by atoms with E-state index in [9.17, 15) is 13.2 Å². The maximum atomic E-state index is 12.7. The number of amidine groups is 1. The highest BCUT2D eigenvalue weighted by Gasteiger charge is 2.31. The summed E-state index contributed by atoms with van der Waals surface area (Å²) in [6.07, 6.45) is -1.85. The molecule has 0 aromatic heterocycles. The van der Waals surface area contributed by atoms with Crippen molar-refractivity contribution < 1.29 is 13.2 Å². The van der Waals surface area contributed by atoms with E-state index in [-0.39, 0.29) is 0 Å². The molecule has 5 heteroatoms. The van der Waals surface area contributed by atoms with Crippen LogP contribution in [0.1, 0.15) is 30.4 Å². The van der Waals surface area contributed by atoms with Gasteiger partial charge in [-0.05, 0) is 37.5 Å². The van der Waals surface area contributed by atoms with Gasteiger partial charge in [0.2, 0.25) is 0 Å². The summed E-state index contributed by atoms with van der Waals surface area (Å²) in [7, 11) is 0. The number of anilines is 1. The highest BCUT2D eigenvalue weighted by Crippen LogP contribution is 2.34. The van der Waals surface area contributed by atoms with E-state index >= 15 is 0 Å². The molecule has 0 aliphatic carbocycles. The van der Waals surface area contributed by atoms with Gasteiger partial charge in [0.25, 0.3) is 0 Å². The molecule has 0 amide bonds. The summed E-state index contributed by atoms with van der Waals surface area (Å²) in [6.45, 7) is 2.40. The molecule has 1 aromatic carbocycles. The van der Waals surface area contributed by atoms with Gasteiger partial charge in [0.15, 0.2) is 0 Å². The van der Waals surface area contributed by atoms with E-state index in [4.69, 9.17) is 5.41 Å². The van der Waals surface area contributed by atoms with E-state index in [2.05, 4.69) is 0 Å². The third kappa shape index (κ3) is 2.49. The Morgan fingerprint density at radius 3 is 2.56 bits per heavy atom. The van der Waals surface area contributed by atoms with Gasteiger partial charge >= 0.3 is 6.18 Å². The van der Waals surface area contributed by atoms with Gasteiger partial charge in [-0.2, -0.15) is 13.2 Å². The van der Waals surface area contributed by atoms with Gasteiger partial charge in [0.1, 0.15) is 5.84 Å². The zero-order valence-electron chi connectivity index (χ0n) is 10.1. The first-order valence-electron chi connectivity index (χ1n) is 5.92. The minimum absolute atomic E-state index is 0.406. The molecule has 1 heterocycles. The van der Waals surface area contributed by atoms with Crippen LogP contribution in [0.3, 0.4) is 0 Å². The number of alkyl halides is 3. The number of hydrogen-bond donors (Lipinski definition) is 1. The number of nitrogens with zero attached hydrogens (tertiary/aromatic N) is 1. The maximum Gasteiger partial charge on any atom is 0.416 e. The van der Waals surface area contributed by atoms with Crippen LogP contribution in [0.2, 0.25) is 0 Å². The van der Waals surface area contributed by atoms with E-state index in [1.807, 2.05) is 0 Å². The van der Waals surface area contributed by atoms with E-state index in [1.165, 1.54) is 6.07 Å². The number of rotatable bonds is 1. The SMILES string of the molecule is Cc1ccc(C(F)(F)F)cc1N1CCCCC1=N. The van der Waals surface area contributed by atoms with Crippen LogP contribution in [0.15, 0.2) is 18.2 Å². The summed E-state index contributed by atoms with van der Waals surface area (Å²) >= 11 is 0. The van der Waals surface area contributed by atoms with Crippen LogP contribution < -0.4 is 4.90 Å². The van der Waals surface area contributed by atoms with Crippen molar-refractivity contribution in [1.29, 1.82) is 5.41 Å². The first-order valence-corrected chi connectivity index (χ1v) is 5.92. The molecule has 1 aliphatic heterocycles. The second-order valence-electron chi connectivity index (χ2n) is 4.55. The molecule has 1 aromatic rings. The Kier molecular flexibility index (Phi) is 3.32. The molecule has 0 spiro atoms. The molecule has 0 atom stereocenters. The normalized spacial score (nSPS) is 17.1. The van der Waals surface area contributed by atoms with Crippen molar-refractivity contribution in [3.8, 4) is 0 Å². The fraction of sp³-hybridized carbons (Fsp3) is 0.462. The fourth-order valence-corrected chi connectivity index (χ4v) is 2.17. The van der Waals surface area contributed by atoms with Gasteiger partial charge in [-0.1, -0.05) is 6.07 Å². The van der Waals surface area contributed by atoms with Crippen LogP contribution >= 0.6 is 0 Å². The average Bonchev–Trinajstić information content (AvgIpc) is 2.29. The predicted molar refractivity (Wildman–Crippen MR) is 65.1 cm³/mol. The molecule has 0 radical (unpaired) electrons. The Morgan fingerprint density at radius 1 is 1.22 bits per heavy atom. The molecule has 1 aliphatic rings. The zero-order chi connectivity index (χ0) is 13.3. The van der Waals surface area contributed by atoms with Crippen LogP contribution in [-0.2, 0) is 6.18 Å². The number of aryl methyl sites for hydroxylation is 1. The largest absolute Gasteiger partial charge is 0.416 e. The van der Waals surface area contributed by atoms with Crippen molar-refractivity contribution >= 4 is 11.5 Å². The Hall–Kier alpha value is -1.52. The van der Waals surface area contributed by atoms with Crippen LogP contribution in [-0.4, -0.2) is 12.4 Å². The van der Waals surface area contributed by atoms with Crippen molar-refractivity contribution in [3.63, 3.8) is 0 Å². The lowest BCUT2D eigenvalue weighted by Gasteiger charge is -2.31. The summed E-state index contributed by atoms with van der Waals surface area (Å²) < 4.78 is 38.1. The minimum Gasteiger partial charge on any atom is -0.330 e. The lowest BCUT2D eigenvalue weighted by atomic mass is 10.0. The van der Waals surface area contributed by atoms with Gasteiger partial charge in [-0.25, -0.2) is 0 Å². The minimum atomic E-state index is -4.33. The quantitative estimate of drug-likeness (QED) is 0.808. The average molecular weight is 256 g/mol. The second-order valence-corrected chi connectivity index (χ2v) is 4.55. The molecular formula is C13H15F3N2. The monoisotopic (exact) mass is 256 g/mol. The third-order valence-corrected chi connectivity index (χ3v) is 3.20. The van der Waals surface area contributed by atoms with Crippen molar-refractivity contribution in [2.75, 3.05) is 11.4 Å². The van der Waals surface area contributed by atoms with Crippen LogP contribution in [0.4, 0.5) is 18.9 Å². The summed E-state index contributed by atoms with van der Waals surface area (Å²) in [5.41, 5.74) is 0.630. The lowest BCUT2D eigenvalue weighted by Crippen LogP contribution is -2.35. The first-order chi connectivity index (χ1) is 8.39. The fourth-order valence-electron chi connectivity index (χ4n) is 2.17. The molecule has 98 valence electrons.